The quantitative estimate of drug-likeness (QED) is 0.752. The highest BCUT2D eigenvalue weighted by molar-refractivity contribution is 5.53. The van der Waals surface area contributed by atoms with E-state index in [1.807, 2.05) is 13.8 Å². The van der Waals surface area contributed by atoms with Gasteiger partial charge in [-0.2, -0.15) is 0 Å². The lowest BCUT2D eigenvalue weighted by Gasteiger charge is -2.29. The Bertz CT molecular complexity index is 383. The van der Waals surface area contributed by atoms with Gasteiger partial charge in [0, 0.05) is 18.8 Å². The summed E-state index contributed by atoms with van der Waals surface area (Å²) in [6.07, 6.45) is 2.58. The molecule has 0 bridgehead atoms. The second kappa shape index (κ2) is 6.24. The maximum Gasteiger partial charge on any atom is 0.0642 e. The number of rotatable bonds is 1. The fourth-order valence-electron chi connectivity index (χ4n) is 2.84. The molecule has 1 heterocycles. The normalized spacial score (nSPS) is 22.2. The molecule has 2 aliphatic rings. The molecule has 1 aromatic carbocycles. The van der Waals surface area contributed by atoms with Crippen LogP contribution in [0.5, 0.6) is 0 Å². The molecule has 1 fully saturated rings. The first-order valence-electron chi connectivity index (χ1n) is 7.30. The molecule has 2 nitrogen and oxygen atoms in total. The standard InChI is InChI=1S/C14H19NO.C2H6/c1-11-2-3-12-10-13(4-5-14(11)12)15-6-8-16-9-7-15;1-2/h4-5,10-11H,2-3,6-9H2,1H3;1-2H3. The highest BCUT2D eigenvalue weighted by Gasteiger charge is 2.20. The van der Waals surface area contributed by atoms with Gasteiger partial charge in [-0.15, -0.1) is 0 Å². The van der Waals surface area contributed by atoms with E-state index in [0.29, 0.717) is 0 Å². The molecule has 1 aliphatic carbocycles. The zero-order valence-electron chi connectivity index (χ0n) is 11.9. The molecule has 1 aliphatic heterocycles. The number of fused-ring (bicyclic) bond motifs is 1. The van der Waals surface area contributed by atoms with Gasteiger partial charge in [0.25, 0.3) is 0 Å². The average molecular weight is 247 g/mol. The minimum Gasteiger partial charge on any atom is -0.378 e. The monoisotopic (exact) mass is 247 g/mol. The summed E-state index contributed by atoms with van der Waals surface area (Å²) in [7, 11) is 0. The summed E-state index contributed by atoms with van der Waals surface area (Å²) in [4.78, 5) is 2.44. The van der Waals surface area contributed by atoms with E-state index >= 15 is 0 Å². The van der Waals surface area contributed by atoms with Gasteiger partial charge in [0.1, 0.15) is 0 Å². The Morgan fingerprint density at radius 2 is 1.89 bits per heavy atom. The molecule has 0 saturated carbocycles. The first kappa shape index (κ1) is 13.4. The Morgan fingerprint density at radius 1 is 1.17 bits per heavy atom. The van der Waals surface area contributed by atoms with E-state index in [1.54, 1.807) is 11.1 Å². The summed E-state index contributed by atoms with van der Waals surface area (Å²) >= 11 is 0. The first-order chi connectivity index (χ1) is 8.84. The largest absolute Gasteiger partial charge is 0.378 e. The second-order valence-corrected chi connectivity index (χ2v) is 4.92. The van der Waals surface area contributed by atoms with E-state index < -0.39 is 0 Å². The van der Waals surface area contributed by atoms with Crippen LogP contribution in [-0.2, 0) is 11.2 Å². The minimum atomic E-state index is 0.758. The molecule has 1 atom stereocenters. The van der Waals surface area contributed by atoms with E-state index in [2.05, 4.69) is 30.0 Å². The van der Waals surface area contributed by atoms with Crippen molar-refractivity contribution < 1.29 is 4.74 Å². The number of hydrogen-bond acceptors (Lipinski definition) is 2. The number of benzene rings is 1. The van der Waals surface area contributed by atoms with Crippen molar-refractivity contribution in [2.24, 2.45) is 0 Å². The van der Waals surface area contributed by atoms with Gasteiger partial charge in [0.2, 0.25) is 0 Å². The summed E-state index contributed by atoms with van der Waals surface area (Å²) in [5, 5.41) is 0. The zero-order valence-corrected chi connectivity index (χ0v) is 11.9. The Hall–Kier alpha value is -1.02. The van der Waals surface area contributed by atoms with Gasteiger partial charge in [-0.05, 0) is 42.0 Å². The lowest BCUT2D eigenvalue weighted by molar-refractivity contribution is 0.122. The maximum atomic E-state index is 5.39. The smallest absolute Gasteiger partial charge is 0.0642 e. The Kier molecular flexibility index (Phi) is 4.65. The molecular weight excluding hydrogens is 222 g/mol. The predicted octanol–water partition coefficient (Wildman–Crippen LogP) is 3.60. The number of ether oxygens (including phenoxy) is 1. The summed E-state index contributed by atoms with van der Waals surface area (Å²) in [5.74, 6) is 0.758. The van der Waals surface area contributed by atoms with Crippen molar-refractivity contribution in [3.05, 3.63) is 29.3 Å². The van der Waals surface area contributed by atoms with Gasteiger partial charge >= 0.3 is 0 Å². The molecule has 1 aromatic rings. The van der Waals surface area contributed by atoms with Crippen molar-refractivity contribution >= 4 is 5.69 Å². The molecule has 3 rings (SSSR count). The topological polar surface area (TPSA) is 12.5 Å². The van der Waals surface area contributed by atoms with Gasteiger partial charge < -0.3 is 9.64 Å². The van der Waals surface area contributed by atoms with Crippen molar-refractivity contribution in [3.8, 4) is 0 Å². The fraction of sp³-hybridized carbons (Fsp3) is 0.625. The lowest BCUT2D eigenvalue weighted by atomic mass is 10.0. The molecule has 2 heteroatoms. The van der Waals surface area contributed by atoms with Crippen LogP contribution in [0.2, 0.25) is 0 Å². The molecule has 1 saturated heterocycles. The lowest BCUT2D eigenvalue weighted by Crippen LogP contribution is -2.36. The third-order valence-corrected chi connectivity index (χ3v) is 3.88. The van der Waals surface area contributed by atoms with E-state index in [-0.39, 0.29) is 0 Å². The second-order valence-electron chi connectivity index (χ2n) is 4.92. The van der Waals surface area contributed by atoms with Crippen molar-refractivity contribution in [2.75, 3.05) is 31.2 Å². The highest BCUT2D eigenvalue weighted by atomic mass is 16.5. The summed E-state index contributed by atoms with van der Waals surface area (Å²) in [6.45, 7) is 10.1. The molecule has 1 unspecified atom stereocenters. The minimum absolute atomic E-state index is 0.758. The van der Waals surface area contributed by atoms with Crippen LogP contribution in [0.3, 0.4) is 0 Å². The maximum absolute atomic E-state index is 5.39. The number of aryl methyl sites for hydroxylation is 1. The van der Waals surface area contributed by atoms with E-state index in [9.17, 15) is 0 Å². The van der Waals surface area contributed by atoms with E-state index in [4.69, 9.17) is 4.74 Å². The van der Waals surface area contributed by atoms with Crippen LogP contribution < -0.4 is 4.90 Å². The molecule has 100 valence electrons. The van der Waals surface area contributed by atoms with Crippen LogP contribution in [0.25, 0.3) is 0 Å². The average Bonchev–Trinajstić information content (AvgIpc) is 2.83. The first-order valence-corrected chi connectivity index (χ1v) is 7.30. The third-order valence-electron chi connectivity index (χ3n) is 3.88. The Morgan fingerprint density at radius 3 is 2.61 bits per heavy atom. The van der Waals surface area contributed by atoms with Crippen molar-refractivity contribution in [2.45, 2.75) is 39.5 Å². The predicted molar refractivity (Wildman–Crippen MR) is 77.6 cm³/mol. The molecule has 0 spiro atoms. The number of anilines is 1. The SMILES string of the molecule is CC.CC1CCc2cc(N3CCOCC3)ccc21. The highest BCUT2D eigenvalue weighted by Crippen LogP contribution is 2.34. The van der Waals surface area contributed by atoms with Crippen molar-refractivity contribution in [3.63, 3.8) is 0 Å². The Balaban J connectivity index is 0.000000574. The van der Waals surface area contributed by atoms with Gasteiger partial charge in [0.15, 0.2) is 0 Å². The van der Waals surface area contributed by atoms with Crippen LogP contribution in [-0.4, -0.2) is 26.3 Å². The number of nitrogens with zero attached hydrogens (tertiary/aromatic N) is 1. The summed E-state index contributed by atoms with van der Waals surface area (Å²) < 4.78 is 5.39. The van der Waals surface area contributed by atoms with Crippen LogP contribution in [0, 0.1) is 0 Å². The molecule has 18 heavy (non-hydrogen) atoms. The Labute approximate surface area is 111 Å². The van der Waals surface area contributed by atoms with Crippen LogP contribution >= 0.6 is 0 Å². The van der Waals surface area contributed by atoms with Gasteiger partial charge in [0.05, 0.1) is 13.2 Å². The van der Waals surface area contributed by atoms with E-state index in [1.165, 1.54) is 18.5 Å². The zero-order chi connectivity index (χ0) is 13.0. The van der Waals surface area contributed by atoms with Gasteiger partial charge in [-0.25, -0.2) is 0 Å². The van der Waals surface area contributed by atoms with E-state index in [0.717, 1.165) is 32.2 Å². The van der Waals surface area contributed by atoms with Crippen LogP contribution in [0.1, 0.15) is 44.2 Å². The van der Waals surface area contributed by atoms with Gasteiger partial charge in [-0.1, -0.05) is 26.8 Å². The van der Waals surface area contributed by atoms with Crippen molar-refractivity contribution in [1.82, 2.24) is 0 Å². The number of morpholine rings is 1. The van der Waals surface area contributed by atoms with Crippen molar-refractivity contribution in [1.29, 1.82) is 0 Å². The molecular formula is C16H25NO. The number of hydrogen-bond donors (Lipinski definition) is 0. The summed E-state index contributed by atoms with van der Waals surface area (Å²) in [5.41, 5.74) is 4.52. The van der Waals surface area contributed by atoms with Crippen LogP contribution in [0.4, 0.5) is 5.69 Å². The molecule has 0 N–H and O–H groups in total. The molecule has 0 aromatic heterocycles. The van der Waals surface area contributed by atoms with Crippen LogP contribution in [0.15, 0.2) is 18.2 Å². The molecule has 0 amide bonds. The summed E-state index contributed by atoms with van der Waals surface area (Å²) in [6, 6.07) is 7.01. The molecule has 0 radical (unpaired) electrons. The third kappa shape index (κ3) is 2.69. The van der Waals surface area contributed by atoms with Gasteiger partial charge in [-0.3, -0.25) is 0 Å². The fourth-order valence-corrected chi connectivity index (χ4v) is 2.84.